The number of rotatable bonds is 6. The molecule has 2 aromatic carbocycles. The zero-order valence-electron chi connectivity index (χ0n) is 12.2. The van der Waals surface area contributed by atoms with E-state index >= 15 is 0 Å². The van der Waals surface area contributed by atoms with Gasteiger partial charge >= 0.3 is 0 Å². The number of hydrogen-bond acceptors (Lipinski definition) is 2. The molecule has 1 heterocycles. The maximum absolute atomic E-state index is 12.9. The van der Waals surface area contributed by atoms with Gasteiger partial charge in [0.1, 0.15) is 6.29 Å². The van der Waals surface area contributed by atoms with E-state index in [1.165, 1.54) is 0 Å². The van der Waals surface area contributed by atoms with Gasteiger partial charge in [0.25, 0.3) is 0 Å². The van der Waals surface area contributed by atoms with E-state index in [-0.39, 0.29) is 11.8 Å². The highest BCUT2D eigenvalue weighted by molar-refractivity contribution is 6.00. The number of nitrogens with zero attached hydrogens (tertiary/aromatic N) is 1. The standard InChI is InChI=1S/C19H17NO2/c21-14-6-11-18(19(22)16-8-2-1-3-9-16)20-13-12-15-7-4-5-10-17(15)20/h1-5,7-10,12-14,18H,6,11H2. The van der Waals surface area contributed by atoms with Crippen LogP contribution in [-0.2, 0) is 4.79 Å². The van der Waals surface area contributed by atoms with Gasteiger partial charge in [0.15, 0.2) is 5.78 Å². The Bertz CT molecular complexity index is 789. The predicted octanol–water partition coefficient (Wildman–Crippen LogP) is 4.04. The number of hydrogen-bond donors (Lipinski definition) is 0. The third-order valence-electron chi connectivity index (χ3n) is 3.88. The lowest BCUT2D eigenvalue weighted by molar-refractivity contribution is -0.108. The molecule has 0 spiro atoms. The second-order valence-corrected chi connectivity index (χ2v) is 5.27. The van der Waals surface area contributed by atoms with Crippen LogP contribution in [0.5, 0.6) is 0 Å². The topological polar surface area (TPSA) is 39.1 Å². The Hall–Kier alpha value is -2.68. The van der Waals surface area contributed by atoms with Crippen LogP contribution in [0.25, 0.3) is 10.9 Å². The first-order valence-electron chi connectivity index (χ1n) is 7.40. The second-order valence-electron chi connectivity index (χ2n) is 5.27. The minimum Gasteiger partial charge on any atom is -0.337 e. The van der Waals surface area contributed by atoms with Crippen LogP contribution in [0.1, 0.15) is 29.2 Å². The summed E-state index contributed by atoms with van der Waals surface area (Å²) in [6, 6.07) is 18.9. The first-order valence-corrected chi connectivity index (χ1v) is 7.40. The van der Waals surface area contributed by atoms with Gasteiger partial charge in [-0.05, 0) is 23.9 Å². The fourth-order valence-electron chi connectivity index (χ4n) is 2.79. The first kappa shape index (κ1) is 14.3. The zero-order chi connectivity index (χ0) is 15.4. The summed E-state index contributed by atoms with van der Waals surface area (Å²) in [5, 5.41) is 1.10. The lowest BCUT2D eigenvalue weighted by atomic mass is 10.00. The molecule has 3 nitrogen and oxygen atoms in total. The van der Waals surface area contributed by atoms with Gasteiger partial charge in [-0.3, -0.25) is 4.79 Å². The van der Waals surface area contributed by atoms with Crippen LogP contribution < -0.4 is 0 Å². The molecule has 3 heteroatoms. The molecule has 0 N–H and O–H groups in total. The molecule has 0 aliphatic carbocycles. The lowest BCUT2D eigenvalue weighted by Gasteiger charge is -2.18. The summed E-state index contributed by atoms with van der Waals surface area (Å²) in [6.07, 6.45) is 3.68. The van der Waals surface area contributed by atoms with Crippen LogP contribution in [0.2, 0.25) is 0 Å². The molecule has 0 amide bonds. The molecule has 3 aromatic rings. The number of Topliss-reactive ketones (excluding diaryl/α,β-unsaturated/α-hetero) is 1. The summed E-state index contributed by atoms with van der Waals surface area (Å²) in [6.45, 7) is 0. The Kier molecular flexibility index (Phi) is 4.15. The van der Waals surface area contributed by atoms with Crippen LogP contribution in [0.3, 0.4) is 0 Å². The van der Waals surface area contributed by atoms with E-state index < -0.39 is 0 Å². The quantitative estimate of drug-likeness (QED) is 0.508. The van der Waals surface area contributed by atoms with E-state index in [1.54, 1.807) is 0 Å². The van der Waals surface area contributed by atoms with E-state index in [1.807, 2.05) is 71.4 Å². The molecule has 1 aromatic heterocycles. The fourth-order valence-corrected chi connectivity index (χ4v) is 2.79. The Morgan fingerprint density at radius 3 is 2.50 bits per heavy atom. The number of carbonyl (C=O) groups is 2. The summed E-state index contributed by atoms with van der Waals surface area (Å²) in [4.78, 5) is 23.6. The maximum Gasteiger partial charge on any atom is 0.185 e. The van der Waals surface area contributed by atoms with Crippen molar-refractivity contribution in [2.45, 2.75) is 18.9 Å². The van der Waals surface area contributed by atoms with Gasteiger partial charge in [0.2, 0.25) is 0 Å². The van der Waals surface area contributed by atoms with Gasteiger partial charge in [-0.25, -0.2) is 0 Å². The number of carbonyl (C=O) groups excluding carboxylic acids is 2. The highest BCUT2D eigenvalue weighted by atomic mass is 16.1. The Morgan fingerprint density at radius 2 is 1.73 bits per heavy atom. The normalized spacial score (nSPS) is 12.2. The van der Waals surface area contributed by atoms with Gasteiger partial charge in [0, 0.05) is 23.7 Å². The summed E-state index contributed by atoms with van der Waals surface area (Å²) < 4.78 is 1.98. The van der Waals surface area contributed by atoms with Crippen molar-refractivity contribution in [1.29, 1.82) is 0 Å². The van der Waals surface area contributed by atoms with E-state index in [0.717, 1.165) is 17.2 Å². The van der Waals surface area contributed by atoms with Gasteiger partial charge in [-0.15, -0.1) is 0 Å². The number of fused-ring (bicyclic) bond motifs is 1. The number of aldehydes is 1. The van der Waals surface area contributed by atoms with Gasteiger partial charge < -0.3 is 9.36 Å². The van der Waals surface area contributed by atoms with Gasteiger partial charge in [-0.1, -0.05) is 48.5 Å². The lowest BCUT2D eigenvalue weighted by Crippen LogP contribution is -2.19. The molecule has 0 bridgehead atoms. The molecule has 0 fully saturated rings. The molecule has 0 aliphatic rings. The number of para-hydroxylation sites is 1. The molecule has 0 saturated heterocycles. The average Bonchev–Trinajstić information content (AvgIpc) is 3.00. The summed E-state index contributed by atoms with van der Waals surface area (Å²) in [7, 11) is 0. The van der Waals surface area contributed by atoms with Crippen molar-refractivity contribution in [2.75, 3.05) is 0 Å². The molecule has 0 saturated carbocycles. The van der Waals surface area contributed by atoms with E-state index in [2.05, 4.69) is 0 Å². The predicted molar refractivity (Wildman–Crippen MR) is 87.0 cm³/mol. The summed E-state index contributed by atoms with van der Waals surface area (Å²) >= 11 is 0. The molecule has 3 rings (SSSR count). The highest BCUT2D eigenvalue weighted by Crippen LogP contribution is 2.26. The smallest absolute Gasteiger partial charge is 0.185 e. The van der Waals surface area contributed by atoms with E-state index in [4.69, 9.17) is 0 Å². The van der Waals surface area contributed by atoms with Gasteiger partial charge in [-0.2, -0.15) is 0 Å². The van der Waals surface area contributed by atoms with Crippen LogP contribution >= 0.6 is 0 Å². The van der Waals surface area contributed by atoms with Crippen molar-refractivity contribution >= 4 is 23.0 Å². The minimum absolute atomic E-state index is 0.0452. The maximum atomic E-state index is 12.9. The molecule has 0 aliphatic heterocycles. The number of ketones is 1. The van der Waals surface area contributed by atoms with Crippen molar-refractivity contribution in [3.8, 4) is 0 Å². The molecule has 1 unspecified atom stereocenters. The Morgan fingerprint density at radius 1 is 1.00 bits per heavy atom. The number of benzene rings is 2. The largest absolute Gasteiger partial charge is 0.337 e. The van der Waals surface area contributed by atoms with Crippen molar-refractivity contribution in [2.24, 2.45) is 0 Å². The van der Waals surface area contributed by atoms with Crippen molar-refractivity contribution in [1.82, 2.24) is 4.57 Å². The molecule has 0 radical (unpaired) electrons. The van der Waals surface area contributed by atoms with E-state index in [0.29, 0.717) is 18.4 Å². The third-order valence-corrected chi connectivity index (χ3v) is 3.88. The first-order chi connectivity index (χ1) is 10.8. The second kappa shape index (κ2) is 6.39. The number of aromatic nitrogens is 1. The fraction of sp³-hybridized carbons (Fsp3) is 0.158. The van der Waals surface area contributed by atoms with Crippen LogP contribution in [-0.4, -0.2) is 16.6 Å². The molecular formula is C19H17NO2. The van der Waals surface area contributed by atoms with E-state index in [9.17, 15) is 9.59 Å². The van der Waals surface area contributed by atoms with Crippen LogP contribution in [0.15, 0.2) is 66.9 Å². The van der Waals surface area contributed by atoms with Gasteiger partial charge in [0.05, 0.1) is 6.04 Å². The molecule has 22 heavy (non-hydrogen) atoms. The molecule has 1 atom stereocenters. The Balaban J connectivity index is 2.03. The Labute approximate surface area is 129 Å². The minimum atomic E-state index is -0.354. The van der Waals surface area contributed by atoms with Crippen molar-refractivity contribution in [3.63, 3.8) is 0 Å². The van der Waals surface area contributed by atoms with Crippen molar-refractivity contribution < 1.29 is 9.59 Å². The van der Waals surface area contributed by atoms with Crippen molar-refractivity contribution in [3.05, 3.63) is 72.4 Å². The SMILES string of the molecule is O=CCCC(C(=O)c1ccccc1)n1ccc2ccccc21. The summed E-state index contributed by atoms with van der Waals surface area (Å²) in [5.41, 5.74) is 1.69. The molecule has 110 valence electrons. The van der Waals surface area contributed by atoms with Crippen LogP contribution in [0.4, 0.5) is 0 Å². The average molecular weight is 291 g/mol. The zero-order valence-corrected chi connectivity index (χ0v) is 12.2. The monoisotopic (exact) mass is 291 g/mol. The van der Waals surface area contributed by atoms with Crippen LogP contribution in [0, 0.1) is 0 Å². The molecular weight excluding hydrogens is 274 g/mol. The highest BCUT2D eigenvalue weighted by Gasteiger charge is 2.22. The third kappa shape index (κ3) is 2.70. The summed E-state index contributed by atoms with van der Waals surface area (Å²) in [5.74, 6) is 0.0452.